The van der Waals surface area contributed by atoms with Crippen LogP contribution in [0.5, 0.6) is 0 Å². The van der Waals surface area contributed by atoms with Crippen LogP contribution in [0.15, 0.2) is 28.5 Å². The van der Waals surface area contributed by atoms with E-state index in [1.54, 1.807) is 15.9 Å². The first kappa shape index (κ1) is 22.4. The van der Waals surface area contributed by atoms with Crippen molar-refractivity contribution in [3.05, 3.63) is 38.2 Å². The third kappa shape index (κ3) is 4.57. The van der Waals surface area contributed by atoms with E-state index in [2.05, 4.69) is 0 Å². The van der Waals surface area contributed by atoms with Gasteiger partial charge < -0.3 is 9.80 Å². The number of carbonyl (C=O) groups is 2. The Morgan fingerprint density at radius 2 is 1.81 bits per heavy atom. The van der Waals surface area contributed by atoms with Gasteiger partial charge in [-0.2, -0.15) is 4.31 Å². The number of carbonyl (C=O) groups excluding carboxylic acids is 2. The van der Waals surface area contributed by atoms with Gasteiger partial charge in [0.15, 0.2) is 0 Å². The van der Waals surface area contributed by atoms with Crippen LogP contribution in [0.25, 0.3) is 0 Å². The molecule has 0 N–H and O–H groups in total. The molecule has 1 unspecified atom stereocenters. The molecule has 31 heavy (non-hydrogen) atoms. The number of hydrogen-bond acceptors (Lipinski definition) is 6. The van der Waals surface area contributed by atoms with Gasteiger partial charge in [0, 0.05) is 49.0 Å². The molecule has 0 saturated carbocycles. The first-order chi connectivity index (χ1) is 14.8. The van der Waals surface area contributed by atoms with E-state index >= 15 is 0 Å². The van der Waals surface area contributed by atoms with E-state index < -0.39 is 10.0 Å². The smallest absolute Gasteiger partial charge is 0.263 e. The van der Waals surface area contributed by atoms with Crippen molar-refractivity contribution in [2.45, 2.75) is 31.6 Å². The lowest BCUT2D eigenvalue weighted by Crippen LogP contribution is -2.54. The molecule has 4 heterocycles. The first-order valence-electron chi connectivity index (χ1n) is 10.5. The molecule has 2 aliphatic rings. The fourth-order valence-corrected chi connectivity index (χ4v) is 7.97. The molecule has 0 aromatic carbocycles. The van der Waals surface area contributed by atoms with Gasteiger partial charge in [0.05, 0.1) is 15.7 Å². The summed E-state index contributed by atoms with van der Waals surface area (Å²) in [6.07, 6.45) is 1.57. The van der Waals surface area contributed by atoms with Crippen LogP contribution in [-0.4, -0.2) is 73.6 Å². The van der Waals surface area contributed by atoms with Crippen molar-refractivity contribution >= 4 is 44.5 Å². The third-order valence-corrected chi connectivity index (χ3v) is 9.93. The highest BCUT2D eigenvalue weighted by Crippen LogP contribution is 2.29. The molecule has 2 aromatic rings. The largest absolute Gasteiger partial charge is 0.340 e. The molecule has 2 aliphatic heterocycles. The van der Waals surface area contributed by atoms with E-state index in [-0.39, 0.29) is 17.7 Å². The third-order valence-electron chi connectivity index (χ3n) is 5.95. The zero-order chi connectivity index (χ0) is 22.2. The number of piperazine rings is 1. The van der Waals surface area contributed by atoms with E-state index in [0.717, 1.165) is 22.6 Å². The Balaban J connectivity index is 1.37. The number of thiophene rings is 2. The fraction of sp³-hybridized carbons (Fsp3) is 0.524. The highest BCUT2D eigenvalue weighted by molar-refractivity contribution is 7.89. The Kier molecular flexibility index (Phi) is 6.52. The SMILES string of the molecule is Cc1cc(S(=O)(=O)N2CCN(C(=O)C3CCCN(C(=O)c4cccs4)C3)CC2)c(C)s1. The minimum atomic E-state index is -3.54. The lowest BCUT2D eigenvalue weighted by molar-refractivity contribution is -0.138. The number of hydrogen-bond donors (Lipinski definition) is 0. The summed E-state index contributed by atoms with van der Waals surface area (Å²) in [5, 5.41) is 1.88. The predicted octanol–water partition coefficient (Wildman–Crippen LogP) is 2.81. The number of piperidine rings is 1. The average Bonchev–Trinajstić information content (AvgIpc) is 3.42. The molecule has 4 rings (SSSR count). The predicted molar refractivity (Wildman–Crippen MR) is 122 cm³/mol. The van der Waals surface area contributed by atoms with Gasteiger partial charge in [-0.1, -0.05) is 6.07 Å². The van der Waals surface area contributed by atoms with E-state index in [4.69, 9.17) is 0 Å². The molecule has 2 aromatic heterocycles. The topological polar surface area (TPSA) is 78.0 Å². The summed E-state index contributed by atoms with van der Waals surface area (Å²) in [6, 6.07) is 5.40. The number of likely N-dealkylation sites (tertiary alicyclic amines) is 1. The molecule has 10 heteroatoms. The van der Waals surface area contributed by atoms with Crippen molar-refractivity contribution in [3.63, 3.8) is 0 Å². The lowest BCUT2D eigenvalue weighted by Gasteiger charge is -2.38. The maximum Gasteiger partial charge on any atom is 0.263 e. The van der Waals surface area contributed by atoms with Gasteiger partial charge in [-0.25, -0.2) is 8.42 Å². The monoisotopic (exact) mass is 481 g/mol. The molecule has 1 atom stereocenters. The number of aryl methyl sites for hydroxylation is 2. The Morgan fingerprint density at radius 1 is 1.06 bits per heavy atom. The highest BCUT2D eigenvalue weighted by atomic mass is 32.2. The summed E-state index contributed by atoms with van der Waals surface area (Å²) in [5.41, 5.74) is 0. The quantitative estimate of drug-likeness (QED) is 0.673. The van der Waals surface area contributed by atoms with Crippen LogP contribution in [0.1, 0.15) is 32.3 Å². The molecule has 0 spiro atoms. The highest BCUT2D eigenvalue weighted by Gasteiger charge is 2.36. The van der Waals surface area contributed by atoms with Crippen LogP contribution in [0.3, 0.4) is 0 Å². The van der Waals surface area contributed by atoms with Gasteiger partial charge in [-0.15, -0.1) is 22.7 Å². The van der Waals surface area contributed by atoms with Crippen molar-refractivity contribution in [3.8, 4) is 0 Å². The molecule has 2 amide bonds. The average molecular weight is 482 g/mol. The van der Waals surface area contributed by atoms with Gasteiger partial charge in [0.25, 0.3) is 5.91 Å². The zero-order valence-electron chi connectivity index (χ0n) is 17.7. The van der Waals surface area contributed by atoms with Crippen molar-refractivity contribution < 1.29 is 18.0 Å². The Labute approximate surface area is 191 Å². The summed E-state index contributed by atoms with van der Waals surface area (Å²) < 4.78 is 27.5. The number of rotatable bonds is 4. The zero-order valence-corrected chi connectivity index (χ0v) is 20.2. The van der Waals surface area contributed by atoms with Crippen LogP contribution >= 0.6 is 22.7 Å². The van der Waals surface area contributed by atoms with Crippen LogP contribution in [0.4, 0.5) is 0 Å². The second kappa shape index (κ2) is 9.01. The van der Waals surface area contributed by atoms with Gasteiger partial charge >= 0.3 is 0 Å². The van der Waals surface area contributed by atoms with E-state index in [0.29, 0.717) is 49.0 Å². The van der Waals surface area contributed by atoms with Gasteiger partial charge in [-0.05, 0) is 44.2 Å². The van der Waals surface area contributed by atoms with E-state index in [1.807, 2.05) is 31.4 Å². The number of nitrogens with zero attached hydrogens (tertiary/aromatic N) is 3. The maximum atomic E-state index is 13.1. The molecular formula is C21H27N3O4S3. The summed E-state index contributed by atoms with van der Waals surface area (Å²) in [6.45, 7) is 6.21. The number of sulfonamides is 1. The Bertz CT molecular complexity index is 1050. The Hall–Kier alpha value is -1.75. The summed E-state index contributed by atoms with van der Waals surface area (Å²) in [5.74, 6) is -0.198. The van der Waals surface area contributed by atoms with Crippen LogP contribution in [-0.2, 0) is 14.8 Å². The summed E-state index contributed by atoms with van der Waals surface area (Å²) >= 11 is 2.90. The van der Waals surface area contributed by atoms with Crippen LogP contribution in [0.2, 0.25) is 0 Å². The lowest BCUT2D eigenvalue weighted by atomic mass is 9.96. The fourth-order valence-electron chi connectivity index (χ4n) is 4.33. The Morgan fingerprint density at radius 3 is 2.42 bits per heavy atom. The van der Waals surface area contributed by atoms with Gasteiger partial charge in [0.2, 0.25) is 15.9 Å². The first-order valence-corrected chi connectivity index (χ1v) is 13.6. The van der Waals surface area contributed by atoms with Crippen molar-refractivity contribution in [2.75, 3.05) is 39.3 Å². The van der Waals surface area contributed by atoms with Crippen molar-refractivity contribution in [1.82, 2.24) is 14.1 Å². The second-order valence-electron chi connectivity index (χ2n) is 8.07. The van der Waals surface area contributed by atoms with E-state index in [1.165, 1.54) is 27.0 Å². The van der Waals surface area contributed by atoms with Crippen LogP contribution in [0, 0.1) is 19.8 Å². The minimum Gasteiger partial charge on any atom is -0.340 e. The summed E-state index contributed by atoms with van der Waals surface area (Å²) in [4.78, 5) is 32.2. The minimum absolute atomic E-state index is 0.00941. The number of amides is 2. The molecule has 2 fully saturated rings. The molecule has 0 bridgehead atoms. The molecule has 0 aliphatic carbocycles. The van der Waals surface area contributed by atoms with Crippen LogP contribution < -0.4 is 0 Å². The molecular weight excluding hydrogens is 454 g/mol. The maximum absolute atomic E-state index is 13.1. The molecule has 2 saturated heterocycles. The normalized spacial score (nSPS) is 20.8. The van der Waals surface area contributed by atoms with Crippen molar-refractivity contribution in [2.24, 2.45) is 5.92 Å². The molecule has 7 nitrogen and oxygen atoms in total. The van der Waals surface area contributed by atoms with Gasteiger partial charge in [-0.3, -0.25) is 9.59 Å². The van der Waals surface area contributed by atoms with E-state index in [9.17, 15) is 18.0 Å². The molecule has 168 valence electrons. The van der Waals surface area contributed by atoms with Gasteiger partial charge in [0.1, 0.15) is 0 Å². The second-order valence-corrected chi connectivity index (χ2v) is 12.4. The molecule has 0 radical (unpaired) electrons. The standard InChI is InChI=1S/C21H27N3O4S3/c1-15-13-19(16(2)30-15)31(27,28)24-10-8-22(9-11-24)20(25)17-5-3-7-23(14-17)21(26)18-6-4-12-29-18/h4,6,12-13,17H,3,5,7-11,14H2,1-2H3. The van der Waals surface area contributed by atoms with Crippen molar-refractivity contribution in [1.29, 1.82) is 0 Å². The summed E-state index contributed by atoms with van der Waals surface area (Å²) in [7, 11) is -3.54.